The van der Waals surface area contributed by atoms with E-state index in [1.165, 1.54) is 75.7 Å². The Labute approximate surface area is 299 Å². The Morgan fingerprint density at radius 2 is 1.38 bits per heavy atom. The lowest BCUT2D eigenvalue weighted by Crippen LogP contribution is -2.77. The van der Waals surface area contributed by atoms with Crippen LogP contribution in [0.1, 0.15) is 105 Å². The summed E-state index contributed by atoms with van der Waals surface area (Å²) in [4.78, 5) is 45.4. The van der Waals surface area contributed by atoms with Crippen LogP contribution >= 0.6 is 0 Å². The van der Waals surface area contributed by atoms with Crippen LogP contribution in [0.5, 0.6) is 0 Å². The zero-order valence-corrected chi connectivity index (χ0v) is 31.3. The summed E-state index contributed by atoms with van der Waals surface area (Å²) in [6.07, 6.45) is 19.2. The molecule has 0 saturated heterocycles. The van der Waals surface area contributed by atoms with Crippen molar-refractivity contribution in [3.8, 4) is 0 Å². The number of carboxylic acid groups (broad SMARTS) is 1. The van der Waals surface area contributed by atoms with Gasteiger partial charge in [0, 0.05) is 10.5 Å². The number of benzene rings is 2. The highest BCUT2D eigenvalue weighted by Gasteiger charge is 2.72. The van der Waals surface area contributed by atoms with Crippen molar-refractivity contribution in [3.05, 3.63) is 107 Å². The normalized spacial score (nSPS) is 16.8. The average Bonchev–Trinajstić information content (AvgIpc) is 3.09. The number of allylic oxidation sites excluding steroid dienone is 3. The van der Waals surface area contributed by atoms with Gasteiger partial charge in [-0.05, 0) is 29.5 Å². The highest BCUT2D eigenvalue weighted by Crippen LogP contribution is 2.56. The van der Waals surface area contributed by atoms with Gasteiger partial charge in [0.25, 0.3) is 0 Å². The van der Waals surface area contributed by atoms with Crippen molar-refractivity contribution in [2.45, 2.75) is 127 Å². The van der Waals surface area contributed by atoms with Gasteiger partial charge in [-0.25, -0.2) is 0 Å². The average molecular weight is 698 g/mol. The minimum atomic E-state index is -4.04. The summed E-state index contributed by atoms with van der Waals surface area (Å²) >= 11 is 0. The predicted molar refractivity (Wildman–Crippen MR) is 204 cm³/mol. The Morgan fingerprint density at radius 1 is 0.880 bits per heavy atom. The van der Waals surface area contributed by atoms with Crippen molar-refractivity contribution in [2.75, 3.05) is 0 Å². The molecule has 0 aromatic heterocycles. The van der Waals surface area contributed by atoms with Crippen LogP contribution in [0.4, 0.5) is 0 Å². The second-order valence-electron chi connectivity index (χ2n) is 14.4. The first-order valence-corrected chi connectivity index (χ1v) is 20.2. The van der Waals surface area contributed by atoms with E-state index in [-0.39, 0.29) is 5.57 Å². The van der Waals surface area contributed by atoms with Crippen LogP contribution in [0, 0.1) is 0 Å². The molecule has 0 saturated carbocycles. The van der Waals surface area contributed by atoms with E-state index in [1.807, 2.05) is 81.4 Å². The topological polar surface area (TPSA) is 140 Å². The number of azide groups is 1. The van der Waals surface area contributed by atoms with Gasteiger partial charge in [-0.2, -0.15) is 0 Å². The Morgan fingerprint density at radius 3 is 1.84 bits per heavy atom. The van der Waals surface area contributed by atoms with Crippen LogP contribution in [0.2, 0.25) is 10.1 Å². The predicted octanol–water partition coefficient (Wildman–Crippen LogP) is 8.81. The second-order valence-corrected chi connectivity index (χ2v) is 19.3. The SMILES string of the molecule is CCCCCCCCCCCCC/C=C/[C@@H](O)[C@@](C(=O)O)(C(=O)C1=CC=CC(=O)C1N=[N+]=[N-])[Si](c1ccccc1)(c1ccccc1)C(C)(C)C. The fourth-order valence-electron chi connectivity index (χ4n) is 7.84. The molecule has 0 heterocycles. The number of rotatable bonds is 21. The first-order valence-electron chi connectivity index (χ1n) is 18.2. The third-order valence-corrected chi connectivity index (χ3v) is 16.7. The number of carbonyl (C=O) groups is 3. The summed E-state index contributed by atoms with van der Waals surface area (Å²) < 4.78 is 0. The molecule has 0 radical (unpaired) electrons. The van der Waals surface area contributed by atoms with Crippen LogP contribution in [-0.4, -0.2) is 48.0 Å². The number of nitrogens with zero attached hydrogens (tertiary/aromatic N) is 3. The van der Waals surface area contributed by atoms with Crippen molar-refractivity contribution >= 4 is 36.0 Å². The molecule has 1 aliphatic carbocycles. The van der Waals surface area contributed by atoms with E-state index >= 15 is 4.79 Å². The lowest BCUT2D eigenvalue weighted by atomic mass is 9.84. The molecule has 2 aromatic rings. The number of unbranched alkanes of at least 4 members (excludes halogenated alkanes) is 11. The van der Waals surface area contributed by atoms with Gasteiger partial charge in [0.15, 0.2) is 24.7 Å². The number of carbonyl (C=O) groups excluding carboxylic acids is 2. The lowest BCUT2D eigenvalue weighted by molar-refractivity contribution is -0.148. The molecule has 1 unspecified atom stereocenters. The highest BCUT2D eigenvalue weighted by atomic mass is 28.3. The minimum Gasteiger partial charge on any atom is -0.481 e. The lowest BCUT2D eigenvalue weighted by Gasteiger charge is -2.55. The number of aliphatic hydroxyl groups excluding tert-OH is 1. The first-order chi connectivity index (χ1) is 24.0. The van der Waals surface area contributed by atoms with Crippen molar-refractivity contribution in [1.29, 1.82) is 0 Å². The monoisotopic (exact) mass is 697 g/mol. The Kier molecular flexibility index (Phi) is 15.7. The van der Waals surface area contributed by atoms with Gasteiger partial charge in [0.05, 0.1) is 6.10 Å². The number of ketones is 2. The quantitative estimate of drug-likeness (QED) is 0.0255. The van der Waals surface area contributed by atoms with Crippen molar-refractivity contribution in [2.24, 2.45) is 5.11 Å². The maximum atomic E-state index is 15.3. The van der Waals surface area contributed by atoms with E-state index in [2.05, 4.69) is 16.9 Å². The maximum absolute atomic E-state index is 15.3. The van der Waals surface area contributed by atoms with Gasteiger partial charge < -0.3 is 10.2 Å². The van der Waals surface area contributed by atoms with Crippen molar-refractivity contribution in [3.63, 3.8) is 0 Å². The van der Waals surface area contributed by atoms with Gasteiger partial charge in [-0.15, -0.1) is 0 Å². The van der Waals surface area contributed by atoms with Gasteiger partial charge in [0.2, 0.25) is 0 Å². The number of hydrogen-bond donors (Lipinski definition) is 2. The molecule has 9 heteroatoms. The zero-order valence-electron chi connectivity index (χ0n) is 30.3. The summed E-state index contributed by atoms with van der Waals surface area (Å²) in [5.41, 5.74) is 9.12. The molecule has 3 rings (SSSR count). The van der Waals surface area contributed by atoms with Crippen molar-refractivity contribution in [1.82, 2.24) is 0 Å². The molecule has 0 fully saturated rings. The molecule has 2 aromatic carbocycles. The molecule has 2 N–H and O–H groups in total. The second kappa shape index (κ2) is 19.4. The molecule has 268 valence electrons. The molecule has 0 aliphatic heterocycles. The molecular formula is C41H55N3O5Si. The number of aliphatic carboxylic acids is 1. The zero-order chi connectivity index (χ0) is 36.6. The van der Waals surface area contributed by atoms with E-state index in [4.69, 9.17) is 0 Å². The molecule has 0 spiro atoms. The standard InChI is InChI=1S/C41H55N3O5Si/c1-5-6-7-8-9-10-11-12-13-14-15-16-23-31-36(46)41(39(48)49,38(47)34-29-24-30-35(45)37(34)43-44-42)50(40(2,3)4,32-25-19-17-20-26-32)33-27-21-18-22-28-33/h17-31,36-37,46H,5-16H2,1-4H3,(H,48,49)/b31-23+/t36-,37?,41+/m1/s1. The Bertz CT molecular complexity index is 1520. The summed E-state index contributed by atoms with van der Waals surface area (Å²) in [6.45, 7) is 7.97. The van der Waals surface area contributed by atoms with E-state index in [1.54, 1.807) is 6.08 Å². The summed E-state index contributed by atoms with van der Waals surface area (Å²) in [6, 6.07) is 16.7. The van der Waals surface area contributed by atoms with Crippen molar-refractivity contribution < 1.29 is 24.6 Å². The fourth-order valence-corrected chi connectivity index (χ4v) is 14.7. The molecule has 3 atom stereocenters. The van der Waals surface area contributed by atoms with E-state index in [0.717, 1.165) is 19.3 Å². The highest BCUT2D eigenvalue weighted by molar-refractivity contribution is 7.10. The molecular weight excluding hydrogens is 643 g/mol. The first kappa shape index (κ1) is 40.4. The smallest absolute Gasteiger partial charge is 0.318 e. The van der Waals surface area contributed by atoms with Gasteiger partial charge >= 0.3 is 5.97 Å². The summed E-state index contributed by atoms with van der Waals surface area (Å²) in [7, 11) is -4.04. The van der Waals surface area contributed by atoms with Gasteiger partial charge in [-0.3, -0.25) is 14.4 Å². The van der Waals surface area contributed by atoms with Crippen LogP contribution in [0.15, 0.2) is 102 Å². The molecule has 0 bridgehead atoms. The largest absolute Gasteiger partial charge is 0.481 e. The number of aliphatic hydroxyl groups is 1. The third kappa shape index (κ3) is 8.81. The van der Waals surface area contributed by atoms with E-state index < -0.39 is 47.8 Å². The van der Waals surface area contributed by atoms with E-state index in [0.29, 0.717) is 16.8 Å². The molecule has 1 aliphatic rings. The molecule has 0 amide bonds. The Hall–Kier alpha value is -4.04. The summed E-state index contributed by atoms with van der Waals surface area (Å²) in [5, 5.41) is 25.6. The molecule has 8 nitrogen and oxygen atoms in total. The molecule has 50 heavy (non-hydrogen) atoms. The third-order valence-electron chi connectivity index (χ3n) is 10.1. The van der Waals surface area contributed by atoms with Gasteiger partial charge in [-0.1, -0.05) is 192 Å². The number of hydrogen-bond acceptors (Lipinski definition) is 5. The fraction of sp³-hybridized carbons (Fsp3) is 0.488. The maximum Gasteiger partial charge on any atom is 0.318 e. The minimum absolute atomic E-state index is 0.247. The van der Waals surface area contributed by atoms with Crippen LogP contribution in [0.3, 0.4) is 0 Å². The Balaban J connectivity index is 2.10. The summed E-state index contributed by atoms with van der Waals surface area (Å²) in [5.74, 6) is -3.05. The van der Waals surface area contributed by atoms with Crippen LogP contribution in [-0.2, 0) is 14.4 Å². The number of carboxylic acids is 1. The van der Waals surface area contributed by atoms with Crippen LogP contribution in [0.25, 0.3) is 10.4 Å². The van der Waals surface area contributed by atoms with E-state index in [9.17, 15) is 25.3 Å². The number of Topliss-reactive ketones (excluding diaryl/α,β-unsaturated/α-hetero) is 1. The van der Waals surface area contributed by atoms with Crippen LogP contribution < -0.4 is 10.4 Å². The van der Waals surface area contributed by atoms with Gasteiger partial charge in [0.1, 0.15) is 6.04 Å².